The molecule has 0 radical (unpaired) electrons. The van der Waals surface area contributed by atoms with Crippen molar-refractivity contribution in [3.63, 3.8) is 0 Å². The zero-order chi connectivity index (χ0) is 23.8. The predicted octanol–water partition coefficient (Wildman–Crippen LogP) is 0.818. The average Bonchev–Trinajstić information content (AvgIpc) is 3.30. The van der Waals surface area contributed by atoms with Gasteiger partial charge in [-0.05, 0) is 32.4 Å². The van der Waals surface area contributed by atoms with Crippen molar-refractivity contribution in [3.05, 3.63) is 41.8 Å². The molecule has 3 heterocycles. The number of sulfone groups is 1. The predicted molar refractivity (Wildman–Crippen MR) is 122 cm³/mol. The number of aryl methyl sites for hydroxylation is 2. The number of amides is 1. The Hall–Kier alpha value is -2.28. The number of para-hydroxylation sites is 1. The minimum atomic E-state index is -3.73. The van der Waals surface area contributed by atoms with Gasteiger partial charge in [0.05, 0.1) is 24.1 Å². The second-order valence-electron chi connectivity index (χ2n) is 8.49. The number of carbonyl (C=O) groups excluding carboxylic acids is 1. The zero-order valence-corrected chi connectivity index (χ0v) is 20.3. The Bertz CT molecular complexity index is 1200. The molecule has 33 heavy (non-hydrogen) atoms. The number of hydrogen-bond donors (Lipinski definition) is 0. The maximum absolute atomic E-state index is 13.3. The van der Waals surface area contributed by atoms with E-state index in [4.69, 9.17) is 4.52 Å². The molecule has 0 aliphatic carbocycles. The Morgan fingerprint density at radius 2 is 1.82 bits per heavy atom. The highest BCUT2D eigenvalue weighted by Crippen LogP contribution is 2.26. The van der Waals surface area contributed by atoms with E-state index in [0.29, 0.717) is 30.9 Å². The Labute approximate surface area is 194 Å². The summed E-state index contributed by atoms with van der Waals surface area (Å²) in [6.45, 7) is 4.51. The standard InChI is InChI=1S/C21H28N4O6S2/c1-16-21(17(2)31-22-16)33(29,30)24-11-9-23(10-12-24)14-20(26)25(18-6-4-3-5-7-18)19-8-13-32(27,28)15-19/h3-7,19H,8-15H2,1-2H3/t19-/m0/s1. The first-order valence-electron chi connectivity index (χ1n) is 10.8. The molecule has 1 aromatic carbocycles. The topological polar surface area (TPSA) is 121 Å². The number of carbonyl (C=O) groups is 1. The van der Waals surface area contributed by atoms with Gasteiger partial charge in [0, 0.05) is 31.9 Å². The van der Waals surface area contributed by atoms with Gasteiger partial charge in [-0.2, -0.15) is 4.31 Å². The smallest absolute Gasteiger partial charge is 0.248 e. The molecule has 1 aromatic heterocycles. The van der Waals surface area contributed by atoms with E-state index in [0.717, 1.165) is 0 Å². The number of anilines is 1. The molecule has 10 nitrogen and oxygen atoms in total. The summed E-state index contributed by atoms with van der Waals surface area (Å²) >= 11 is 0. The molecule has 1 amide bonds. The number of benzene rings is 1. The lowest BCUT2D eigenvalue weighted by atomic mass is 10.1. The third kappa shape index (κ3) is 4.98. The summed E-state index contributed by atoms with van der Waals surface area (Å²) in [5.74, 6) is 0.101. The molecular weight excluding hydrogens is 468 g/mol. The van der Waals surface area contributed by atoms with E-state index in [2.05, 4.69) is 5.16 Å². The van der Waals surface area contributed by atoms with Gasteiger partial charge in [-0.25, -0.2) is 16.8 Å². The molecule has 12 heteroatoms. The van der Waals surface area contributed by atoms with Crippen LogP contribution in [0.25, 0.3) is 0 Å². The monoisotopic (exact) mass is 496 g/mol. The summed E-state index contributed by atoms with van der Waals surface area (Å²) in [7, 11) is -6.89. The lowest BCUT2D eigenvalue weighted by molar-refractivity contribution is -0.120. The van der Waals surface area contributed by atoms with Crippen LogP contribution in [-0.2, 0) is 24.7 Å². The first-order chi connectivity index (χ1) is 15.6. The highest BCUT2D eigenvalue weighted by Gasteiger charge is 2.37. The Kier molecular flexibility index (Phi) is 6.63. The van der Waals surface area contributed by atoms with E-state index in [-0.39, 0.29) is 47.7 Å². The van der Waals surface area contributed by atoms with E-state index < -0.39 is 25.9 Å². The second kappa shape index (κ2) is 9.16. The molecular formula is C21H28N4O6S2. The van der Waals surface area contributed by atoms with Gasteiger partial charge in [-0.3, -0.25) is 9.69 Å². The van der Waals surface area contributed by atoms with Crippen molar-refractivity contribution >= 4 is 31.5 Å². The molecule has 2 aromatic rings. The van der Waals surface area contributed by atoms with Crippen molar-refractivity contribution in [3.8, 4) is 0 Å². The maximum atomic E-state index is 13.3. The van der Waals surface area contributed by atoms with E-state index >= 15 is 0 Å². The van der Waals surface area contributed by atoms with Gasteiger partial charge in [-0.1, -0.05) is 23.4 Å². The highest BCUT2D eigenvalue weighted by atomic mass is 32.2. The summed E-state index contributed by atoms with van der Waals surface area (Å²) in [6, 6.07) is 8.69. The van der Waals surface area contributed by atoms with E-state index in [9.17, 15) is 21.6 Å². The zero-order valence-electron chi connectivity index (χ0n) is 18.7. The van der Waals surface area contributed by atoms with Gasteiger partial charge in [0.2, 0.25) is 15.9 Å². The molecule has 2 fully saturated rings. The van der Waals surface area contributed by atoms with Crippen molar-refractivity contribution in [2.45, 2.75) is 31.2 Å². The van der Waals surface area contributed by atoms with Crippen LogP contribution in [0.1, 0.15) is 17.9 Å². The summed E-state index contributed by atoms with van der Waals surface area (Å²) < 4.78 is 56.5. The lowest BCUT2D eigenvalue weighted by Crippen LogP contribution is -2.53. The molecule has 0 unspecified atom stereocenters. The van der Waals surface area contributed by atoms with Crippen LogP contribution in [0.5, 0.6) is 0 Å². The van der Waals surface area contributed by atoms with Gasteiger partial charge in [0.1, 0.15) is 10.6 Å². The van der Waals surface area contributed by atoms with Gasteiger partial charge in [0.15, 0.2) is 15.6 Å². The number of aromatic nitrogens is 1. The average molecular weight is 497 g/mol. The van der Waals surface area contributed by atoms with Crippen molar-refractivity contribution in [2.24, 2.45) is 0 Å². The fourth-order valence-corrected chi connectivity index (χ4v) is 7.91. The van der Waals surface area contributed by atoms with Gasteiger partial charge in [-0.15, -0.1) is 0 Å². The van der Waals surface area contributed by atoms with Crippen molar-refractivity contribution in [1.82, 2.24) is 14.4 Å². The van der Waals surface area contributed by atoms with Gasteiger partial charge < -0.3 is 9.42 Å². The van der Waals surface area contributed by atoms with Crippen LogP contribution in [0.2, 0.25) is 0 Å². The molecule has 0 spiro atoms. The van der Waals surface area contributed by atoms with Crippen LogP contribution >= 0.6 is 0 Å². The molecule has 2 saturated heterocycles. The van der Waals surface area contributed by atoms with Crippen LogP contribution in [0, 0.1) is 13.8 Å². The summed E-state index contributed by atoms with van der Waals surface area (Å²) in [4.78, 5) is 16.9. The Balaban J connectivity index is 1.44. The molecule has 2 aliphatic rings. The Morgan fingerprint density at radius 3 is 2.36 bits per heavy atom. The summed E-state index contributed by atoms with van der Waals surface area (Å²) in [5.41, 5.74) is 0.999. The fraction of sp³-hybridized carbons (Fsp3) is 0.524. The Morgan fingerprint density at radius 1 is 1.15 bits per heavy atom. The van der Waals surface area contributed by atoms with E-state index in [1.165, 1.54) is 4.31 Å². The molecule has 180 valence electrons. The van der Waals surface area contributed by atoms with E-state index in [1.807, 2.05) is 23.1 Å². The van der Waals surface area contributed by atoms with Crippen LogP contribution in [-0.4, -0.2) is 87.4 Å². The second-order valence-corrected chi connectivity index (χ2v) is 12.6. The lowest BCUT2D eigenvalue weighted by Gasteiger charge is -2.35. The van der Waals surface area contributed by atoms with E-state index in [1.54, 1.807) is 30.9 Å². The first-order valence-corrected chi connectivity index (χ1v) is 14.1. The van der Waals surface area contributed by atoms with Gasteiger partial charge >= 0.3 is 0 Å². The SMILES string of the molecule is Cc1noc(C)c1S(=O)(=O)N1CCN(CC(=O)N(c2ccccc2)[C@H]2CCS(=O)(=O)C2)CC1. The number of piperazine rings is 1. The van der Waals surface area contributed by atoms with Crippen molar-refractivity contribution in [1.29, 1.82) is 0 Å². The molecule has 0 N–H and O–H groups in total. The quantitative estimate of drug-likeness (QED) is 0.576. The molecule has 4 rings (SSSR count). The minimum Gasteiger partial charge on any atom is -0.360 e. The number of hydrogen-bond acceptors (Lipinski definition) is 8. The third-order valence-corrected chi connectivity index (χ3v) is 10.0. The summed E-state index contributed by atoms with van der Waals surface area (Å²) in [6.07, 6.45) is 0.409. The largest absolute Gasteiger partial charge is 0.360 e. The molecule has 2 aliphatic heterocycles. The molecule has 1 atom stereocenters. The normalized spacial score (nSPS) is 21.8. The van der Waals surface area contributed by atoms with Crippen LogP contribution in [0.4, 0.5) is 5.69 Å². The van der Waals surface area contributed by atoms with Crippen LogP contribution in [0.15, 0.2) is 39.8 Å². The number of rotatable bonds is 6. The molecule has 0 bridgehead atoms. The van der Waals surface area contributed by atoms with Gasteiger partial charge in [0.25, 0.3) is 0 Å². The van der Waals surface area contributed by atoms with Crippen molar-refractivity contribution in [2.75, 3.05) is 49.1 Å². The summed E-state index contributed by atoms with van der Waals surface area (Å²) in [5, 5.41) is 3.74. The highest BCUT2D eigenvalue weighted by molar-refractivity contribution is 7.91. The first kappa shape index (κ1) is 23.9. The van der Waals surface area contributed by atoms with Crippen molar-refractivity contribution < 1.29 is 26.2 Å². The minimum absolute atomic E-state index is 0.0445. The third-order valence-electron chi connectivity index (χ3n) is 6.13. The number of nitrogens with zero attached hydrogens (tertiary/aromatic N) is 4. The van der Waals surface area contributed by atoms with Crippen LogP contribution in [0.3, 0.4) is 0 Å². The van der Waals surface area contributed by atoms with Crippen LogP contribution < -0.4 is 4.90 Å². The fourth-order valence-electron chi connectivity index (χ4n) is 4.49. The maximum Gasteiger partial charge on any atom is 0.248 e. The molecule has 0 saturated carbocycles. The number of sulfonamides is 1.